The summed E-state index contributed by atoms with van der Waals surface area (Å²) in [6, 6.07) is 2.90. The van der Waals surface area contributed by atoms with Crippen LogP contribution < -0.4 is 0 Å². The minimum atomic E-state index is -0.958. The summed E-state index contributed by atoms with van der Waals surface area (Å²) in [5.41, 5.74) is 0.957. The van der Waals surface area contributed by atoms with Crippen molar-refractivity contribution in [2.24, 2.45) is 0 Å². The molecule has 1 aromatic carbocycles. The molecular weight excluding hydrogens is 251 g/mol. The van der Waals surface area contributed by atoms with Crippen molar-refractivity contribution < 1.29 is 14.3 Å². The maximum atomic E-state index is 13.2. The zero-order valence-electron chi connectivity index (χ0n) is 7.84. The van der Waals surface area contributed by atoms with Crippen LogP contribution in [0.25, 0.3) is 0 Å². The SMILES string of the molecule is Cc1c(F)cc(C(C)C(=O)O)cc1Br. The number of carboxylic acids is 1. The summed E-state index contributed by atoms with van der Waals surface area (Å²) >= 11 is 3.18. The lowest BCUT2D eigenvalue weighted by atomic mass is 10.00. The molecule has 1 unspecified atom stereocenters. The Labute approximate surface area is 89.9 Å². The number of benzene rings is 1. The Kier molecular flexibility index (Phi) is 3.26. The highest BCUT2D eigenvalue weighted by Gasteiger charge is 2.16. The summed E-state index contributed by atoms with van der Waals surface area (Å²) in [6.45, 7) is 3.16. The molecule has 0 amide bonds. The predicted molar refractivity (Wildman–Crippen MR) is 54.9 cm³/mol. The fourth-order valence-electron chi connectivity index (χ4n) is 1.06. The van der Waals surface area contributed by atoms with Gasteiger partial charge >= 0.3 is 5.97 Å². The Bertz CT molecular complexity index is 353. The van der Waals surface area contributed by atoms with E-state index in [1.165, 1.54) is 13.0 Å². The number of carboxylic acid groups (broad SMARTS) is 1. The third-order valence-electron chi connectivity index (χ3n) is 2.17. The van der Waals surface area contributed by atoms with E-state index in [4.69, 9.17) is 5.11 Å². The highest BCUT2D eigenvalue weighted by atomic mass is 79.9. The topological polar surface area (TPSA) is 37.3 Å². The summed E-state index contributed by atoms with van der Waals surface area (Å²) in [5.74, 6) is -2.04. The second-order valence-corrected chi connectivity index (χ2v) is 4.02. The van der Waals surface area contributed by atoms with E-state index in [2.05, 4.69) is 15.9 Å². The van der Waals surface area contributed by atoms with E-state index in [-0.39, 0.29) is 5.82 Å². The van der Waals surface area contributed by atoms with Crippen LogP contribution in [0.5, 0.6) is 0 Å². The van der Waals surface area contributed by atoms with Gasteiger partial charge in [0, 0.05) is 4.47 Å². The number of halogens is 2. The van der Waals surface area contributed by atoms with Gasteiger partial charge in [0.05, 0.1) is 5.92 Å². The lowest BCUT2D eigenvalue weighted by Gasteiger charge is -2.09. The van der Waals surface area contributed by atoms with Crippen molar-refractivity contribution >= 4 is 21.9 Å². The van der Waals surface area contributed by atoms with Gasteiger partial charge in [0.1, 0.15) is 5.82 Å². The predicted octanol–water partition coefficient (Wildman–Crippen LogP) is 3.08. The molecule has 0 saturated heterocycles. The largest absolute Gasteiger partial charge is 0.481 e. The standard InChI is InChI=1S/C10H10BrFO2/c1-5(10(13)14)7-3-8(11)6(2)9(12)4-7/h3-5H,1-2H3,(H,13,14). The molecule has 0 aliphatic carbocycles. The average molecular weight is 261 g/mol. The van der Waals surface area contributed by atoms with Gasteiger partial charge in [0.25, 0.3) is 0 Å². The lowest BCUT2D eigenvalue weighted by Crippen LogP contribution is -2.08. The molecule has 14 heavy (non-hydrogen) atoms. The summed E-state index contributed by atoms with van der Waals surface area (Å²) in [5, 5.41) is 8.75. The first-order chi connectivity index (χ1) is 6.43. The van der Waals surface area contributed by atoms with E-state index in [0.29, 0.717) is 15.6 Å². The van der Waals surface area contributed by atoms with Crippen LogP contribution in [0.2, 0.25) is 0 Å². The first-order valence-electron chi connectivity index (χ1n) is 4.12. The molecule has 1 rings (SSSR count). The molecule has 4 heteroatoms. The molecule has 1 aromatic rings. The first-order valence-corrected chi connectivity index (χ1v) is 4.91. The van der Waals surface area contributed by atoms with Crippen LogP contribution in [0.1, 0.15) is 24.0 Å². The molecule has 76 valence electrons. The van der Waals surface area contributed by atoms with E-state index in [0.717, 1.165) is 0 Å². The van der Waals surface area contributed by atoms with E-state index < -0.39 is 11.9 Å². The van der Waals surface area contributed by atoms with Crippen LogP contribution in [-0.4, -0.2) is 11.1 Å². The Morgan fingerprint density at radius 1 is 1.57 bits per heavy atom. The number of rotatable bonds is 2. The fourth-order valence-corrected chi connectivity index (χ4v) is 1.51. The molecule has 2 nitrogen and oxygen atoms in total. The van der Waals surface area contributed by atoms with Crippen molar-refractivity contribution in [1.82, 2.24) is 0 Å². The van der Waals surface area contributed by atoms with Gasteiger partial charge in [-0.15, -0.1) is 0 Å². The van der Waals surface area contributed by atoms with Gasteiger partial charge in [-0.25, -0.2) is 4.39 Å². The van der Waals surface area contributed by atoms with Crippen LogP contribution >= 0.6 is 15.9 Å². The molecule has 0 spiro atoms. The molecule has 0 radical (unpaired) electrons. The molecule has 0 saturated carbocycles. The number of carbonyl (C=O) groups is 1. The zero-order chi connectivity index (χ0) is 10.9. The van der Waals surface area contributed by atoms with Crippen molar-refractivity contribution in [3.05, 3.63) is 33.5 Å². The zero-order valence-corrected chi connectivity index (χ0v) is 9.43. The van der Waals surface area contributed by atoms with Gasteiger partial charge in [-0.3, -0.25) is 4.79 Å². The quantitative estimate of drug-likeness (QED) is 0.888. The van der Waals surface area contributed by atoms with Gasteiger partial charge in [-0.1, -0.05) is 15.9 Å². The molecule has 0 aliphatic rings. The minimum absolute atomic E-state index is 0.387. The molecule has 1 N–H and O–H groups in total. The van der Waals surface area contributed by atoms with Crippen molar-refractivity contribution in [3.8, 4) is 0 Å². The molecule has 0 fully saturated rings. The molecule has 0 aliphatic heterocycles. The Morgan fingerprint density at radius 2 is 2.14 bits per heavy atom. The van der Waals surface area contributed by atoms with Gasteiger partial charge in [0.2, 0.25) is 0 Å². The van der Waals surface area contributed by atoms with Crippen molar-refractivity contribution in [1.29, 1.82) is 0 Å². The van der Waals surface area contributed by atoms with Crippen LogP contribution in [0.4, 0.5) is 4.39 Å². The first kappa shape index (κ1) is 11.2. The Morgan fingerprint density at radius 3 is 2.57 bits per heavy atom. The molecule has 0 aromatic heterocycles. The van der Waals surface area contributed by atoms with Crippen LogP contribution in [0.3, 0.4) is 0 Å². The second-order valence-electron chi connectivity index (χ2n) is 3.17. The van der Waals surface area contributed by atoms with E-state index >= 15 is 0 Å². The maximum absolute atomic E-state index is 13.2. The molecule has 0 heterocycles. The van der Waals surface area contributed by atoms with E-state index in [1.54, 1.807) is 13.0 Å². The molecule has 0 bridgehead atoms. The summed E-state index contributed by atoms with van der Waals surface area (Å²) in [4.78, 5) is 10.7. The lowest BCUT2D eigenvalue weighted by molar-refractivity contribution is -0.138. The van der Waals surface area contributed by atoms with Crippen molar-refractivity contribution in [3.63, 3.8) is 0 Å². The third-order valence-corrected chi connectivity index (χ3v) is 3.00. The van der Waals surface area contributed by atoms with Crippen molar-refractivity contribution in [2.45, 2.75) is 19.8 Å². The Hall–Kier alpha value is -0.900. The molecule has 1 atom stereocenters. The highest BCUT2D eigenvalue weighted by Crippen LogP contribution is 2.25. The fraction of sp³-hybridized carbons (Fsp3) is 0.300. The van der Waals surface area contributed by atoms with E-state index in [1.807, 2.05) is 0 Å². The van der Waals surface area contributed by atoms with Crippen LogP contribution in [-0.2, 0) is 4.79 Å². The number of hydrogen-bond donors (Lipinski definition) is 1. The van der Waals surface area contributed by atoms with Crippen LogP contribution in [0.15, 0.2) is 16.6 Å². The van der Waals surface area contributed by atoms with Gasteiger partial charge in [-0.05, 0) is 37.1 Å². The number of hydrogen-bond acceptors (Lipinski definition) is 1. The number of aliphatic carboxylic acids is 1. The van der Waals surface area contributed by atoms with Gasteiger partial charge < -0.3 is 5.11 Å². The highest BCUT2D eigenvalue weighted by molar-refractivity contribution is 9.10. The average Bonchev–Trinajstić information content (AvgIpc) is 2.12. The summed E-state index contributed by atoms with van der Waals surface area (Å²) in [7, 11) is 0. The van der Waals surface area contributed by atoms with E-state index in [9.17, 15) is 9.18 Å². The maximum Gasteiger partial charge on any atom is 0.310 e. The third kappa shape index (κ3) is 2.12. The normalized spacial score (nSPS) is 12.6. The summed E-state index contributed by atoms with van der Waals surface area (Å²) < 4.78 is 13.8. The smallest absolute Gasteiger partial charge is 0.310 e. The van der Waals surface area contributed by atoms with Crippen LogP contribution in [0, 0.1) is 12.7 Å². The van der Waals surface area contributed by atoms with Crippen molar-refractivity contribution in [2.75, 3.05) is 0 Å². The van der Waals surface area contributed by atoms with Gasteiger partial charge in [-0.2, -0.15) is 0 Å². The second kappa shape index (κ2) is 4.09. The monoisotopic (exact) mass is 260 g/mol. The van der Waals surface area contributed by atoms with Gasteiger partial charge in [0.15, 0.2) is 0 Å². The Balaban J connectivity index is 3.19. The minimum Gasteiger partial charge on any atom is -0.481 e. The summed E-state index contributed by atoms with van der Waals surface area (Å²) in [6.07, 6.45) is 0. The molecular formula is C10H10BrFO2.